The average molecular weight is 641 g/mol. The van der Waals surface area contributed by atoms with Gasteiger partial charge in [0.25, 0.3) is 5.56 Å². The van der Waals surface area contributed by atoms with E-state index in [4.69, 9.17) is 35.9 Å². The van der Waals surface area contributed by atoms with E-state index in [1.165, 1.54) is 6.92 Å². The first-order valence-electron chi connectivity index (χ1n) is 12.7. The van der Waals surface area contributed by atoms with Gasteiger partial charge in [0.15, 0.2) is 22.5 Å². The monoisotopic (exact) mass is 640 g/mol. The van der Waals surface area contributed by atoms with Gasteiger partial charge in [0, 0.05) is 17.6 Å². The summed E-state index contributed by atoms with van der Waals surface area (Å²) >= 11 is 7.14. The number of hydrogen-bond acceptors (Lipinski definition) is 12. The van der Waals surface area contributed by atoms with E-state index in [2.05, 4.69) is 20.0 Å². The van der Waals surface area contributed by atoms with Crippen LogP contribution in [0.15, 0.2) is 11.1 Å². The van der Waals surface area contributed by atoms with Gasteiger partial charge in [-0.2, -0.15) is 4.98 Å². The number of aromatic nitrogens is 4. The van der Waals surface area contributed by atoms with Crippen LogP contribution in [-0.2, 0) is 32.7 Å². The van der Waals surface area contributed by atoms with Crippen LogP contribution in [0.3, 0.4) is 0 Å². The lowest BCUT2D eigenvalue weighted by Crippen LogP contribution is -2.36. The largest absolute Gasteiger partial charge is 0.462 e. The highest BCUT2D eigenvalue weighted by Crippen LogP contribution is 2.49. The summed E-state index contributed by atoms with van der Waals surface area (Å²) < 4.78 is 52.2. The molecule has 3 heterocycles. The summed E-state index contributed by atoms with van der Waals surface area (Å²) in [4.78, 5) is 46.9. The zero-order chi connectivity index (χ0) is 30.8. The van der Waals surface area contributed by atoms with Crippen LogP contribution in [0.25, 0.3) is 11.2 Å². The highest BCUT2D eigenvalue weighted by molar-refractivity contribution is 8.13. The predicted molar refractivity (Wildman–Crippen MR) is 151 cm³/mol. The Hall–Kier alpha value is -2.07. The topological polar surface area (TPSA) is 190 Å². The standard InChI is InChI=1S/C23H35ClFN6O8PS/c1-12(2)38-18(33)13(3)30-40(35,36-7-8-41-20(34)22(4,5)6)37-10-14-9-23(24,25)19(39-14)31-11-27-15-16(31)28-21(26)29-17(15)32/h11-14,19H,7-10H2,1-6H3,(H,30,35)(H3,26,28,29,32)/t13-,14-,19+,23+,40-/m0/s1. The number of thioether (sulfide) groups is 1. The van der Waals surface area contributed by atoms with Crippen molar-refractivity contribution in [3.8, 4) is 0 Å². The third-order valence-corrected chi connectivity index (χ3v) is 8.86. The molecule has 1 aliphatic heterocycles. The molecule has 2 aromatic heterocycles. The van der Waals surface area contributed by atoms with E-state index in [0.29, 0.717) is 0 Å². The van der Waals surface area contributed by atoms with Crippen LogP contribution in [0.5, 0.6) is 0 Å². The number of aromatic amines is 1. The first kappa shape index (κ1) is 33.4. The Bertz CT molecular complexity index is 1370. The van der Waals surface area contributed by atoms with Crippen molar-refractivity contribution in [3.63, 3.8) is 0 Å². The second-order valence-corrected chi connectivity index (χ2v) is 14.2. The fourth-order valence-electron chi connectivity index (χ4n) is 3.64. The third-order valence-electron chi connectivity index (χ3n) is 5.56. The van der Waals surface area contributed by atoms with Gasteiger partial charge in [-0.3, -0.25) is 33.0 Å². The van der Waals surface area contributed by atoms with Crippen molar-refractivity contribution in [2.45, 2.75) is 77.6 Å². The van der Waals surface area contributed by atoms with Crippen LogP contribution in [0.4, 0.5) is 10.3 Å². The summed E-state index contributed by atoms with van der Waals surface area (Å²) in [6, 6.07) is -1.09. The molecule has 0 aromatic carbocycles. The number of nitrogen functional groups attached to an aromatic ring is 1. The van der Waals surface area contributed by atoms with Crippen molar-refractivity contribution < 1.29 is 37.1 Å². The molecule has 41 heavy (non-hydrogen) atoms. The number of esters is 1. The van der Waals surface area contributed by atoms with E-state index in [-0.39, 0.29) is 34.6 Å². The summed E-state index contributed by atoms with van der Waals surface area (Å²) in [6.07, 6.45) is -2.20. The van der Waals surface area contributed by atoms with Crippen LogP contribution in [0.1, 0.15) is 54.2 Å². The second kappa shape index (κ2) is 13.1. The van der Waals surface area contributed by atoms with E-state index in [1.807, 2.05) is 0 Å². The first-order chi connectivity index (χ1) is 18.9. The molecule has 1 fully saturated rings. The third kappa shape index (κ3) is 8.72. The fourth-order valence-corrected chi connectivity index (χ4v) is 6.38. The first-order valence-corrected chi connectivity index (χ1v) is 15.6. The number of carbonyl (C=O) groups excluding carboxylic acids is 2. The van der Waals surface area contributed by atoms with E-state index in [1.54, 1.807) is 34.6 Å². The minimum Gasteiger partial charge on any atom is -0.462 e. The molecule has 0 amide bonds. The summed E-state index contributed by atoms with van der Waals surface area (Å²) in [6.45, 7) is 9.43. The van der Waals surface area contributed by atoms with E-state index in [0.717, 1.165) is 22.7 Å². The predicted octanol–water partition coefficient (Wildman–Crippen LogP) is 3.27. The molecule has 4 N–H and O–H groups in total. The highest BCUT2D eigenvalue weighted by Gasteiger charge is 2.50. The molecule has 0 radical (unpaired) electrons. The maximum absolute atomic E-state index is 15.5. The number of nitrogens with two attached hydrogens (primary N) is 1. The van der Waals surface area contributed by atoms with Crippen molar-refractivity contribution in [2.75, 3.05) is 24.7 Å². The van der Waals surface area contributed by atoms with E-state index >= 15 is 4.39 Å². The van der Waals surface area contributed by atoms with Crippen LogP contribution >= 0.6 is 31.1 Å². The van der Waals surface area contributed by atoms with Gasteiger partial charge >= 0.3 is 13.7 Å². The number of nitrogens with one attached hydrogen (secondary N) is 2. The van der Waals surface area contributed by atoms with E-state index < -0.39 is 67.3 Å². The molecule has 5 atom stereocenters. The van der Waals surface area contributed by atoms with Gasteiger partial charge in [-0.1, -0.05) is 44.1 Å². The number of nitrogens with zero attached hydrogens (tertiary/aromatic N) is 3. The minimum atomic E-state index is -4.21. The second-order valence-electron chi connectivity index (χ2n) is 10.7. The quantitative estimate of drug-likeness (QED) is 0.133. The number of hydrogen-bond donors (Lipinski definition) is 3. The number of fused-ring (bicyclic) bond motifs is 1. The Kier molecular flexibility index (Phi) is 10.7. The van der Waals surface area contributed by atoms with Gasteiger partial charge in [0.1, 0.15) is 6.04 Å². The lowest BCUT2D eigenvalue weighted by atomic mass is 10.00. The molecular weight excluding hydrogens is 606 g/mol. The number of carbonyl (C=O) groups is 2. The lowest BCUT2D eigenvalue weighted by molar-refractivity contribution is -0.149. The summed E-state index contributed by atoms with van der Waals surface area (Å²) in [5, 5.41) is -0.0563. The molecular formula is C23H35ClFN6O8PS. The number of ether oxygens (including phenoxy) is 2. The average Bonchev–Trinajstić information content (AvgIpc) is 3.38. The molecule has 2 aromatic rings. The zero-order valence-corrected chi connectivity index (χ0v) is 26.0. The molecule has 0 aliphatic carbocycles. The van der Waals surface area contributed by atoms with E-state index in [9.17, 15) is 18.9 Å². The van der Waals surface area contributed by atoms with Crippen LogP contribution in [0.2, 0.25) is 0 Å². The number of H-pyrrole nitrogens is 1. The van der Waals surface area contributed by atoms with Gasteiger partial charge < -0.3 is 15.2 Å². The van der Waals surface area contributed by atoms with Crippen LogP contribution < -0.4 is 16.4 Å². The van der Waals surface area contributed by atoms with Crippen molar-refractivity contribution in [1.29, 1.82) is 0 Å². The summed E-state index contributed by atoms with van der Waals surface area (Å²) in [7, 11) is -4.21. The normalized spacial score (nSPS) is 23.5. The maximum Gasteiger partial charge on any atom is 0.406 e. The highest BCUT2D eigenvalue weighted by atomic mass is 35.5. The number of anilines is 1. The van der Waals surface area contributed by atoms with Gasteiger partial charge in [-0.25, -0.2) is 19.0 Å². The maximum atomic E-state index is 15.5. The Morgan fingerprint density at radius 1 is 1.39 bits per heavy atom. The van der Waals surface area contributed by atoms with Crippen molar-refractivity contribution >= 4 is 59.3 Å². The molecule has 230 valence electrons. The molecule has 14 nitrogen and oxygen atoms in total. The number of rotatable bonds is 12. The molecule has 1 aliphatic rings. The minimum absolute atomic E-state index is 0.0454. The number of halogens is 2. The SMILES string of the molecule is CC(C)OC(=O)[C@H](C)N[P@](=O)(OCCSC(=O)C(C)(C)C)OC[C@@H]1C[C@](F)(Cl)[C@H](n2cnc3c(=O)[nH]c(N)nc32)O1. The molecule has 0 unspecified atom stereocenters. The lowest BCUT2D eigenvalue weighted by Gasteiger charge is -2.24. The van der Waals surface area contributed by atoms with Gasteiger partial charge in [0.2, 0.25) is 11.1 Å². The fraction of sp³-hybridized carbons (Fsp3) is 0.696. The Morgan fingerprint density at radius 3 is 2.71 bits per heavy atom. The smallest absolute Gasteiger partial charge is 0.406 e. The molecule has 0 spiro atoms. The molecule has 1 saturated heterocycles. The van der Waals surface area contributed by atoms with Gasteiger partial charge in [0.05, 0.1) is 31.7 Å². The molecule has 0 saturated carbocycles. The molecule has 0 bridgehead atoms. The van der Waals surface area contributed by atoms with Crippen molar-refractivity contribution in [1.82, 2.24) is 24.6 Å². The zero-order valence-electron chi connectivity index (χ0n) is 23.5. The Labute approximate surface area is 245 Å². The number of imidazole rings is 1. The van der Waals surface area contributed by atoms with Crippen LogP contribution in [0, 0.1) is 5.41 Å². The van der Waals surface area contributed by atoms with Gasteiger partial charge in [-0.15, -0.1) is 0 Å². The summed E-state index contributed by atoms with van der Waals surface area (Å²) in [5.74, 6) is -0.743. The van der Waals surface area contributed by atoms with Crippen molar-refractivity contribution in [3.05, 3.63) is 16.7 Å². The summed E-state index contributed by atoms with van der Waals surface area (Å²) in [5.41, 5.74) is 4.27. The van der Waals surface area contributed by atoms with Crippen LogP contribution in [-0.4, -0.2) is 72.9 Å². The molecule has 3 rings (SSSR count). The molecule has 18 heteroatoms. The van der Waals surface area contributed by atoms with Gasteiger partial charge in [-0.05, 0) is 20.8 Å². The number of alkyl halides is 2. The van der Waals surface area contributed by atoms with Crippen molar-refractivity contribution in [2.24, 2.45) is 5.41 Å². The Morgan fingerprint density at radius 2 is 2.07 bits per heavy atom. The Balaban J connectivity index is 1.72.